The Labute approximate surface area is 220 Å². The monoisotopic (exact) mass is 602 g/mol. The predicted octanol–water partition coefficient (Wildman–Crippen LogP) is 5.14. The van der Waals surface area contributed by atoms with Gasteiger partial charge in [0.05, 0.1) is 4.90 Å². The number of amides is 1. The van der Waals surface area contributed by atoms with Gasteiger partial charge in [-0.25, -0.2) is 13.4 Å². The second-order valence-electron chi connectivity index (χ2n) is 8.27. The Hall–Kier alpha value is -2.63. The second kappa shape index (κ2) is 11.0. The van der Waals surface area contributed by atoms with Crippen LogP contribution in [0.1, 0.15) is 48.2 Å². The number of halogens is 1. The van der Waals surface area contributed by atoms with Crippen molar-refractivity contribution in [3.63, 3.8) is 0 Å². The van der Waals surface area contributed by atoms with Crippen LogP contribution in [0, 0.1) is 0 Å². The number of nitrogens with zero attached hydrogens (tertiary/aromatic N) is 4. The van der Waals surface area contributed by atoms with Crippen molar-refractivity contribution < 1.29 is 13.2 Å². The summed E-state index contributed by atoms with van der Waals surface area (Å²) in [7, 11) is -3.61. The molecule has 4 rings (SSSR count). The molecule has 0 radical (unpaired) electrons. The molecule has 2 aromatic rings. The molecule has 0 aromatic heterocycles. The van der Waals surface area contributed by atoms with Crippen LogP contribution in [0.5, 0.6) is 0 Å². The lowest BCUT2D eigenvalue weighted by atomic mass is 10.1. The molecule has 0 atom stereocenters. The quantitative estimate of drug-likeness (QED) is 0.411. The van der Waals surface area contributed by atoms with Crippen molar-refractivity contribution in [2.24, 2.45) is 9.98 Å². The van der Waals surface area contributed by atoms with E-state index in [1.165, 1.54) is 28.6 Å². The van der Waals surface area contributed by atoms with Gasteiger partial charge in [-0.05, 0) is 77.4 Å². The van der Waals surface area contributed by atoms with E-state index in [0.717, 1.165) is 27.5 Å². The highest BCUT2D eigenvalue weighted by Gasteiger charge is 2.24. The number of carbonyl (C=O) groups excluding carboxylic acids is 1. The van der Waals surface area contributed by atoms with E-state index < -0.39 is 15.9 Å². The molecule has 0 bridgehead atoms. The Balaban J connectivity index is 1.66. The molecular formula is C26H27IN4O3S. The van der Waals surface area contributed by atoms with Crippen LogP contribution in [-0.2, 0) is 16.6 Å². The first-order valence-electron chi connectivity index (χ1n) is 11.6. The third kappa shape index (κ3) is 5.62. The van der Waals surface area contributed by atoms with E-state index in [9.17, 15) is 13.2 Å². The van der Waals surface area contributed by atoms with Gasteiger partial charge in [0.2, 0.25) is 10.0 Å². The highest BCUT2D eigenvalue weighted by atomic mass is 127. The molecule has 35 heavy (non-hydrogen) atoms. The molecular weight excluding hydrogens is 575 g/mol. The van der Waals surface area contributed by atoms with Crippen molar-refractivity contribution in [2.45, 2.75) is 38.1 Å². The summed E-state index contributed by atoms with van der Waals surface area (Å²) >= 11 is 2.26. The molecule has 1 amide bonds. The Morgan fingerprint density at radius 1 is 1.06 bits per heavy atom. The first kappa shape index (κ1) is 25.5. The maximum atomic E-state index is 13.1. The maximum Gasteiger partial charge on any atom is 0.279 e. The first-order valence-corrected chi connectivity index (χ1v) is 14.1. The summed E-state index contributed by atoms with van der Waals surface area (Å²) in [5, 5.41) is 0. The van der Waals surface area contributed by atoms with Gasteiger partial charge >= 0.3 is 0 Å². The third-order valence-corrected chi connectivity index (χ3v) is 8.23. The van der Waals surface area contributed by atoms with Crippen molar-refractivity contribution in [1.29, 1.82) is 0 Å². The molecule has 0 spiro atoms. The maximum absolute atomic E-state index is 13.1. The van der Waals surface area contributed by atoms with Gasteiger partial charge in [0.25, 0.3) is 5.91 Å². The number of hydrogen-bond acceptors (Lipinski definition) is 4. The summed E-state index contributed by atoms with van der Waals surface area (Å²) in [6.45, 7) is 5.45. The highest BCUT2D eigenvalue weighted by molar-refractivity contribution is 14.1. The van der Waals surface area contributed by atoms with Crippen LogP contribution in [-0.4, -0.2) is 48.3 Å². The minimum Gasteiger partial charge on any atom is -0.327 e. The molecule has 2 aliphatic heterocycles. The Kier molecular flexibility index (Phi) is 7.98. The molecule has 0 N–H and O–H groups in total. The van der Waals surface area contributed by atoms with Crippen LogP contribution in [0.4, 0.5) is 0 Å². The van der Waals surface area contributed by atoms with Crippen LogP contribution < -0.4 is 0 Å². The normalized spacial score (nSPS) is 16.5. The van der Waals surface area contributed by atoms with E-state index in [-0.39, 0.29) is 4.90 Å². The molecule has 7 nitrogen and oxygen atoms in total. The van der Waals surface area contributed by atoms with Gasteiger partial charge in [0.15, 0.2) is 5.84 Å². The molecule has 0 aliphatic carbocycles. The molecule has 0 saturated heterocycles. The van der Waals surface area contributed by atoms with E-state index in [2.05, 4.69) is 27.6 Å². The largest absolute Gasteiger partial charge is 0.327 e. The van der Waals surface area contributed by atoms with Crippen LogP contribution in [0.3, 0.4) is 0 Å². The van der Waals surface area contributed by atoms with Gasteiger partial charge in [0, 0.05) is 40.5 Å². The van der Waals surface area contributed by atoms with E-state index in [0.29, 0.717) is 36.9 Å². The molecule has 0 unspecified atom stereocenters. The van der Waals surface area contributed by atoms with E-state index >= 15 is 0 Å². The smallest absolute Gasteiger partial charge is 0.279 e. The zero-order valence-electron chi connectivity index (χ0n) is 19.7. The third-order valence-electron chi connectivity index (χ3n) is 5.68. The number of benzene rings is 2. The van der Waals surface area contributed by atoms with E-state index in [4.69, 9.17) is 4.99 Å². The molecule has 2 aromatic carbocycles. The topological polar surface area (TPSA) is 82.4 Å². The summed E-state index contributed by atoms with van der Waals surface area (Å²) in [6, 6.07) is 13.8. The van der Waals surface area contributed by atoms with Crippen LogP contribution in [0.2, 0.25) is 0 Å². The van der Waals surface area contributed by atoms with Gasteiger partial charge in [-0.2, -0.15) is 9.30 Å². The molecule has 182 valence electrons. The highest BCUT2D eigenvalue weighted by Crippen LogP contribution is 2.24. The number of fused-ring (bicyclic) bond motifs is 2. The lowest BCUT2D eigenvalue weighted by Gasteiger charge is -2.21. The lowest BCUT2D eigenvalue weighted by Crippen LogP contribution is -2.32. The Morgan fingerprint density at radius 2 is 1.74 bits per heavy atom. The number of sulfonamides is 1. The first-order chi connectivity index (χ1) is 16.8. The van der Waals surface area contributed by atoms with Gasteiger partial charge in [0.1, 0.15) is 5.84 Å². The number of aliphatic imine (C=N–C) groups is 2. The van der Waals surface area contributed by atoms with Crippen molar-refractivity contribution in [3.8, 4) is 0 Å². The summed E-state index contributed by atoms with van der Waals surface area (Å²) in [5.41, 5.74) is 2.12. The Bertz CT molecular complexity index is 1340. The van der Waals surface area contributed by atoms with Gasteiger partial charge in [-0.1, -0.05) is 38.1 Å². The molecule has 2 heterocycles. The van der Waals surface area contributed by atoms with Crippen LogP contribution >= 0.6 is 22.6 Å². The molecule has 9 heteroatoms. The number of hydrogen-bond donors (Lipinski definition) is 0. The van der Waals surface area contributed by atoms with E-state index in [1.807, 2.05) is 61.4 Å². The van der Waals surface area contributed by atoms with Crippen molar-refractivity contribution in [3.05, 3.63) is 87.2 Å². The lowest BCUT2D eigenvalue weighted by molar-refractivity contribution is 0.100. The molecule has 0 fully saturated rings. The summed E-state index contributed by atoms with van der Waals surface area (Å²) < 4.78 is 28.6. The van der Waals surface area contributed by atoms with Crippen LogP contribution in [0.25, 0.3) is 0 Å². The SMILES string of the molecule is CCCN(CCC)S(=O)(=O)c1ccc(C(=O)N=C2N=C3C=CC(I)=CN3Cc3ccccc32)cc1. The average molecular weight is 602 g/mol. The number of amidine groups is 2. The summed E-state index contributed by atoms with van der Waals surface area (Å²) in [6.07, 6.45) is 7.36. The minimum atomic E-state index is -3.61. The van der Waals surface area contributed by atoms with Crippen molar-refractivity contribution in [2.75, 3.05) is 13.1 Å². The summed E-state index contributed by atoms with van der Waals surface area (Å²) in [5.74, 6) is 0.578. The number of carbonyl (C=O) groups is 1. The molecule has 0 saturated carbocycles. The number of rotatable bonds is 7. The van der Waals surface area contributed by atoms with Crippen molar-refractivity contribution >= 4 is 50.2 Å². The fraction of sp³-hybridized carbons (Fsp3) is 0.269. The molecule has 2 aliphatic rings. The predicted molar refractivity (Wildman–Crippen MR) is 147 cm³/mol. The summed E-state index contributed by atoms with van der Waals surface area (Å²) in [4.78, 5) is 24.3. The van der Waals surface area contributed by atoms with Gasteiger partial charge < -0.3 is 4.90 Å². The zero-order valence-corrected chi connectivity index (χ0v) is 22.7. The standard InChI is InChI=1S/C26H27IN4O3S/c1-3-15-31(16-4-2)35(33,34)22-12-9-19(10-13-22)26(32)29-25-23-8-6-5-7-20(23)17-30-18-21(27)11-14-24(30)28-25/h5-14,18H,3-4,15-17H2,1-2H3. The number of allylic oxidation sites excluding steroid dienone is 2. The van der Waals surface area contributed by atoms with E-state index in [1.54, 1.807) is 0 Å². The Morgan fingerprint density at radius 3 is 2.43 bits per heavy atom. The minimum absolute atomic E-state index is 0.174. The fourth-order valence-corrected chi connectivity index (χ4v) is 6.12. The van der Waals surface area contributed by atoms with Crippen molar-refractivity contribution in [1.82, 2.24) is 9.21 Å². The van der Waals surface area contributed by atoms with Crippen LogP contribution in [0.15, 0.2) is 85.3 Å². The fourth-order valence-electron chi connectivity index (χ4n) is 3.98. The average Bonchev–Trinajstić information content (AvgIpc) is 3.00. The second-order valence-corrected chi connectivity index (χ2v) is 11.5. The zero-order chi connectivity index (χ0) is 25.0. The van der Waals surface area contributed by atoms with Gasteiger partial charge in [-0.15, -0.1) is 0 Å². The van der Waals surface area contributed by atoms with Gasteiger partial charge in [-0.3, -0.25) is 4.79 Å².